The van der Waals surface area contributed by atoms with Crippen LogP contribution in [0.1, 0.15) is 6.23 Å². The second-order valence-corrected chi connectivity index (χ2v) is 8.60. The molecule has 0 spiro atoms. The molecule has 2 fully saturated rings. The van der Waals surface area contributed by atoms with Gasteiger partial charge in [-0.15, -0.1) is 9.05 Å². The molecule has 14 heteroatoms. The summed E-state index contributed by atoms with van der Waals surface area (Å²) in [5.41, 5.74) is 11.9. The lowest BCUT2D eigenvalue weighted by Gasteiger charge is -2.19. The highest BCUT2D eigenvalue weighted by atomic mass is 32.2. The largest absolute Gasteiger partial charge is 0.697 e. The zero-order valence-electron chi connectivity index (χ0n) is 15.2. The number of nitrogens with two attached hydrogens (primary N) is 2. The van der Waals surface area contributed by atoms with Gasteiger partial charge in [0, 0.05) is 15.1 Å². The number of benzene rings is 1. The third kappa shape index (κ3) is 3.16. The Morgan fingerprint density at radius 1 is 1.30 bits per heavy atom. The van der Waals surface area contributed by atoms with Gasteiger partial charge >= 0.3 is 8.25 Å². The first-order chi connectivity index (χ1) is 14.4. The Kier molecular flexibility index (Phi) is 4.73. The van der Waals surface area contributed by atoms with Crippen LogP contribution in [-0.2, 0) is 18.3 Å². The van der Waals surface area contributed by atoms with Gasteiger partial charge in [-0.3, -0.25) is 14.3 Å². The van der Waals surface area contributed by atoms with Gasteiger partial charge in [0.2, 0.25) is 5.95 Å². The van der Waals surface area contributed by atoms with E-state index in [1.165, 1.54) is 16.3 Å². The molecule has 3 unspecified atom stereocenters. The lowest BCUT2D eigenvalue weighted by molar-refractivity contribution is -0.0583. The van der Waals surface area contributed by atoms with Crippen molar-refractivity contribution in [3.05, 3.63) is 34.6 Å². The number of nitrogens with one attached hydrogen (secondary N) is 1. The standard InChI is InChI=1S/C16H15N6O6PS/c17-6-3-1-2-4-8(6)30-16-19-9-12(20-15(18)21-13(9)24)22(16)14-10(23)11-7(27-14)5-26-29(25)28-11/h1-4,7,10-11,14,23H,5,17H2,(H2-,18,20,21,24)/p+1/t7?,10?,11-,14-/m1/s1. The average Bonchev–Trinajstić information content (AvgIpc) is 3.21. The first-order valence-corrected chi connectivity index (χ1v) is 10.7. The molecule has 5 rings (SSSR count). The number of H-pyrrole nitrogens is 1. The molecule has 2 aliphatic rings. The van der Waals surface area contributed by atoms with Crippen molar-refractivity contribution in [2.24, 2.45) is 0 Å². The number of rotatable bonds is 3. The summed E-state index contributed by atoms with van der Waals surface area (Å²) in [4.78, 5) is 24.1. The molecule has 0 radical (unpaired) electrons. The lowest BCUT2D eigenvalue weighted by Crippen LogP contribution is -2.37. The molecule has 2 saturated heterocycles. The van der Waals surface area contributed by atoms with Crippen LogP contribution in [0.15, 0.2) is 39.1 Å². The average molecular weight is 451 g/mol. The van der Waals surface area contributed by atoms with Crippen molar-refractivity contribution in [1.82, 2.24) is 19.5 Å². The second-order valence-electron chi connectivity index (χ2n) is 6.67. The monoisotopic (exact) mass is 451 g/mol. The molecule has 6 N–H and O–H groups in total. The number of fused-ring (bicyclic) bond motifs is 2. The minimum Gasteiger partial charge on any atom is -0.398 e. The van der Waals surface area contributed by atoms with Crippen molar-refractivity contribution < 1.29 is 23.5 Å². The highest BCUT2D eigenvalue weighted by Crippen LogP contribution is 2.44. The fraction of sp³-hybridized carbons (Fsp3) is 0.312. The van der Waals surface area contributed by atoms with E-state index in [0.717, 1.165) is 0 Å². The van der Waals surface area contributed by atoms with E-state index in [0.29, 0.717) is 15.7 Å². The summed E-state index contributed by atoms with van der Waals surface area (Å²) in [6.07, 6.45) is -3.78. The topological polar surface area (TPSA) is 181 Å². The summed E-state index contributed by atoms with van der Waals surface area (Å²) in [5.74, 6) is -0.114. The molecule has 0 saturated carbocycles. The van der Waals surface area contributed by atoms with Crippen molar-refractivity contribution in [3.63, 3.8) is 0 Å². The van der Waals surface area contributed by atoms with Crippen LogP contribution >= 0.6 is 20.0 Å². The van der Waals surface area contributed by atoms with Crippen LogP contribution in [-0.4, -0.2) is 49.5 Å². The number of hydrogen-bond donors (Lipinski definition) is 4. The van der Waals surface area contributed by atoms with Crippen molar-refractivity contribution >= 4 is 42.8 Å². The van der Waals surface area contributed by atoms with Crippen LogP contribution in [0.3, 0.4) is 0 Å². The molecule has 12 nitrogen and oxygen atoms in total. The smallest absolute Gasteiger partial charge is 0.398 e. The molecule has 2 aliphatic heterocycles. The Hall–Kier alpha value is -2.54. The number of anilines is 2. The summed E-state index contributed by atoms with van der Waals surface area (Å²) in [6, 6.07) is 7.13. The van der Waals surface area contributed by atoms with E-state index in [1.807, 2.05) is 6.07 Å². The van der Waals surface area contributed by atoms with Gasteiger partial charge in [-0.2, -0.15) is 4.98 Å². The first kappa shape index (κ1) is 19.4. The number of nitrogen functional groups attached to an aromatic ring is 2. The van der Waals surface area contributed by atoms with Gasteiger partial charge in [0.25, 0.3) is 5.56 Å². The minimum atomic E-state index is -2.35. The fourth-order valence-corrected chi connectivity index (χ4v) is 5.16. The quantitative estimate of drug-likeness (QED) is 0.326. The molecule has 1 aromatic carbocycles. The van der Waals surface area contributed by atoms with E-state index in [1.54, 1.807) is 18.2 Å². The lowest BCUT2D eigenvalue weighted by atomic mass is 10.1. The number of aliphatic hydroxyl groups is 1. The maximum Gasteiger partial charge on any atom is 0.697 e. The summed E-state index contributed by atoms with van der Waals surface area (Å²) < 4.78 is 29.2. The van der Waals surface area contributed by atoms with Crippen LogP contribution in [0.25, 0.3) is 11.2 Å². The number of aromatic amines is 1. The van der Waals surface area contributed by atoms with E-state index >= 15 is 0 Å². The molecule has 0 amide bonds. The number of ether oxygens (including phenoxy) is 1. The Labute approximate surface area is 173 Å². The number of nitrogens with zero attached hydrogens (tertiary/aromatic N) is 3. The summed E-state index contributed by atoms with van der Waals surface area (Å²) in [7, 11) is -2.35. The third-order valence-corrected chi connectivity index (χ3v) is 6.61. The first-order valence-electron chi connectivity index (χ1n) is 8.83. The molecular formula is C16H16N6O6PS+. The van der Waals surface area contributed by atoms with Gasteiger partial charge < -0.3 is 21.3 Å². The van der Waals surface area contributed by atoms with Gasteiger partial charge in [0.15, 0.2) is 28.7 Å². The number of para-hydroxylation sites is 1. The van der Waals surface area contributed by atoms with E-state index in [-0.39, 0.29) is 23.7 Å². The molecule has 0 aliphatic carbocycles. The van der Waals surface area contributed by atoms with Gasteiger partial charge in [0.05, 0.1) is 0 Å². The van der Waals surface area contributed by atoms with Gasteiger partial charge in [0.1, 0.15) is 18.8 Å². The SMILES string of the molecule is Nc1nc2c(nc(Sc3ccccc3N)n2[C@@H]2OC3CO[P+](=O)O[C@H]3C2O)c(=O)[nH]1. The van der Waals surface area contributed by atoms with Crippen molar-refractivity contribution in [3.8, 4) is 0 Å². The molecule has 2 aromatic heterocycles. The third-order valence-electron chi connectivity index (χ3n) is 4.77. The molecule has 5 atom stereocenters. The van der Waals surface area contributed by atoms with Crippen LogP contribution in [0.2, 0.25) is 0 Å². The predicted molar refractivity (Wildman–Crippen MR) is 106 cm³/mol. The number of imidazole rings is 1. The van der Waals surface area contributed by atoms with Crippen LogP contribution in [0.4, 0.5) is 11.6 Å². The van der Waals surface area contributed by atoms with Crippen LogP contribution in [0.5, 0.6) is 0 Å². The maximum atomic E-state index is 12.4. The Morgan fingerprint density at radius 3 is 2.90 bits per heavy atom. The Bertz CT molecular complexity index is 1220. The Balaban J connectivity index is 1.65. The highest BCUT2D eigenvalue weighted by molar-refractivity contribution is 7.99. The molecule has 0 bridgehead atoms. The van der Waals surface area contributed by atoms with Crippen molar-refractivity contribution in [1.29, 1.82) is 0 Å². The van der Waals surface area contributed by atoms with E-state index < -0.39 is 38.4 Å². The summed E-state index contributed by atoms with van der Waals surface area (Å²) >= 11 is 1.18. The van der Waals surface area contributed by atoms with Crippen molar-refractivity contribution in [2.45, 2.75) is 34.6 Å². The van der Waals surface area contributed by atoms with Crippen molar-refractivity contribution in [2.75, 3.05) is 18.1 Å². The van der Waals surface area contributed by atoms with Gasteiger partial charge in [-0.05, 0) is 23.9 Å². The maximum absolute atomic E-state index is 12.4. The number of aromatic nitrogens is 4. The second kappa shape index (κ2) is 7.30. The van der Waals surface area contributed by atoms with Gasteiger partial charge in [-0.1, -0.05) is 12.1 Å². The number of aliphatic hydroxyl groups excluding tert-OH is 1. The summed E-state index contributed by atoms with van der Waals surface area (Å²) in [6.45, 7) is -0.00960. The minimum absolute atomic E-state index is 0.00960. The van der Waals surface area contributed by atoms with E-state index in [2.05, 4.69) is 15.0 Å². The normalized spacial score (nSPS) is 27.4. The van der Waals surface area contributed by atoms with E-state index in [9.17, 15) is 14.5 Å². The molecular weight excluding hydrogens is 435 g/mol. The molecule has 3 aromatic rings. The summed E-state index contributed by atoms with van der Waals surface area (Å²) in [5, 5.41) is 11.2. The number of hydrogen-bond acceptors (Lipinski definition) is 11. The molecule has 4 heterocycles. The zero-order valence-corrected chi connectivity index (χ0v) is 16.9. The zero-order chi connectivity index (χ0) is 21.0. The molecule has 30 heavy (non-hydrogen) atoms. The van der Waals surface area contributed by atoms with E-state index in [4.69, 9.17) is 25.3 Å². The van der Waals surface area contributed by atoms with Crippen LogP contribution < -0.4 is 17.0 Å². The Morgan fingerprint density at radius 2 is 2.10 bits per heavy atom. The van der Waals surface area contributed by atoms with Crippen LogP contribution in [0, 0.1) is 0 Å². The van der Waals surface area contributed by atoms with Gasteiger partial charge in [-0.25, -0.2) is 4.98 Å². The predicted octanol–water partition coefficient (Wildman–Crippen LogP) is 0.766. The molecule has 156 valence electrons. The highest BCUT2D eigenvalue weighted by Gasteiger charge is 2.55. The fourth-order valence-electron chi connectivity index (χ4n) is 3.42.